The lowest BCUT2D eigenvalue weighted by molar-refractivity contribution is -0.384. The van der Waals surface area contributed by atoms with E-state index >= 15 is 0 Å². The van der Waals surface area contributed by atoms with Crippen LogP contribution >= 0.6 is 0 Å². The van der Waals surface area contributed by atoms with Crippen LogP contribution in [0.5, 0.6) is 0 Å². The Bertz CT molecular complexity index is 970. The monoisotopic (exact) mass is 426 g/mol. The molecule has 1 heterocycles. The molecule has 1 aliphatic heterocycles. The van der Waals surface area contributed by atoms with E-state index in [1.54, 1.807) is 29.2 Å². The first kappa shape index (κ1) is 21.9. The summed E-state index contributed by atoms with van der Waals surface area (Å²) in [4.78, 5) is 48.4. The van der Waals surface area contributed by atoms with Crippen molar-refractivity contribution in [3.8, 4) is 0 Å². The molecule has 3 amide bonds. The lowest BCUT2D eigenvalue weighted by Crippen LogP contribution is -2.41. The van der Waals surface area contributed by atoms with E-state index in [1.165, 1.54) is 18.2 Å². The highest BCUT2D eigenvalue weighted by Gasteiger charge is 2.17. The van der Waals surface area contributed by atoms with Gasteiger partial charge in [-0.1, -0.05) is 18.2 Å². The van der Waals surface area contributed by atoms with Crippen LogP contribution in [0.1, 0.15) is 15.9 Å². The Morgan fingerprint density at radius 1 is 1.06 bits per heavy atom. The van der Waals surface area contributed by atoms with Crippen LogP contribution in [-0.2, 0) is 20.7 Å². The van der Waals surface area contributed by atoms with Gasteiger partial charge in [-0.15, -0.1) is 0 Å². The minimum atomic E-state index is -0.596. The molecule has 3 rings (SSSR count). The Kier molecular flexibility index (Phi) is 7.28. The Balaban J connectivity index is 1.47. The Hall–Kier alpha value is -3.79. The fraction of sp³-hybridized carbons (Fsp3) is 0.286. The molecule has 2 N–H and O–H groups in total. The fourth-order valence-corrected chi connectivity index (χ4v) is 3.03. The van der Waals surface area contributed by atoms with Gasteiger partial charge in [0.25, 0.3) is 11.6 Å². The zero-order valence-electron chi connectivity index (χ0n) is 16.7. The number of amides is 3. The highest BCUT2D eigenvalue weighted by molar-refractivity contribution is 5.99. The summed E-state index contributed by atoms with van der Waals surface area (Å²) in [6.07, 6.45) is 0.271. The van der Waals surface area contributed by atoms with Crippen molar-refractivity contribution >= 4 is 29.1 Å². The van der Waals surface area contributed by atoms with Crippen molar-refractivity contribution in [2.75, 3.05) is 38.2 Å². The van der Waals surface area contributed by atoms with Gasteiger partial charge in [0.2, 0.25) is 11.8 Å². The van der Waals surface area contributed by atoms with Gasteiger partial charge in [0.15, 0.2) is 0 Å². The summed E-state index contributed by atoms with van der Waals surface area (Å²) in [7, 11) is 0. The summed E-state index contributed by atoms with van der Waals surface area (Å²) >= 11 is 0. The standard InChI is InChI=1S/C21H22N4O6/c26-19(14-22-21(28)16-2-1-3-18(13-16)25(29)30)23-17-6-4-15(5-7-17)12-20(27)24-8-10-31-11-9-24/h1-7,13H,8-12,14H2,(H,22,28)(H,23,26). The van der Waals surface area contributed by atoms with E-state index in [0.717, 1.165) is 11.6 Å². The second-order valence-corrected chi connectivity index (χ2v) is 6.91. The van der Waals surface area contributed by atoms with Crippen LogP contribution in [0.4, 0.5) is 11.4 Å². The van der Waals surface area contributed by atoms with Gasteiger partial charge in [-0.25, -0.2) is 0 Å². The van der Waals surface area contributed by atoms with Gasteiger partial charge in [-0.05, 0) is 23.8 Å². The molecule has 162 valence electrons. The van der Waals surface area contributed by atoms with Crippen molar-refractivity contribution in [3.05, 3.63) is 69.8 Å². The zero-order valence-corrected chi connectivity index (χ0v) is 16.7. The van der Waals surface area contributed by atoms with E-state index in [4.69, 9.17) is 4.74 Å². The molecule has 10 heteroatoms. The average Bonchev–Trinajstić information content (AvgIpc) is 2.79. The highest BCUT2D eigenvalue weighted by Crippen LogP contribution is 2.13. The smallest absolute Gasteiger partial charge is 0.270 e. The maximum absolute atomic E-state index is 12.3. The molecule has 31 heavy (non-hydrogen) atoms. The SMILES string of the molecule is O=C(CNC(=O)c1cccc([N+](=O)[O-])c1)Nc1ccc(CC(=O)N2CCOCC2)cc1. The zero-order chi connectivity index (χ0) is 22.2. The molecule has 0 spiro atoms. The Labute approximate surface area is 178 Å². The third kappa shape index (κ3) is 6.34. The van der Waals surface area contributed by atoms with Crippen LogP contribution in [-0.4, -0.2) is 60.4 Å². The number of carbonyl (C=O) groups is 3. The molecule has 2 aromatic rings. The van der Waals surface area contributed by atoms with Crippen LogP contribution in [0.3, 0.4) is 0 Å². The van der Waals surface area contributed by atoms with E-state index in [-0.39, 0.29) is 30.1 Å². The number of hydrogen-bond acceptors (Lipinski definition) is 6. The first-order chi connectivity index (χ1) is 14.9. The van der Waals surface area contributed by atoms with Gasteiger partial charge in [0.1, 0.15) is 0 Å². The van der Waals surface area contributed by atoms with E-state index in [0.29, 0.717) is 32.0 Å². The molecule has 0 aromatic heterocycles. The van der Waals surface area contributed by atoms with Gasteiger partial charge in [-0.2, -0.15) is 0 Å². The summed E-state index contributed by atoms with van der Waals surface area (Å²) in [6, 6.07) is 12.1. The number of nitro groups is 1. The molecule has 10 nitrogen and oxygen atoms in total. The fourth-order valence-electron chi connectivity index (χ4n) is 3.03. The van der Waals surface area contributed by atoms with E-state index in [9.17, 15) is 24.5 Å². The number of rotatable bonds is 7. The first-order valence-corrected chi connectivity index (χ1v) is 9.69. The molecule has 0 atom stereocenters. The number of nitrogens with zero attached hydrogens (tertiary/aromatic N) is 2. The number of non-ortho nitro benzene ring substituents is 1. The molecule has 0 unspecified atom stereocenters. The molecular formula is C21H22N4O6. The maximum atomic E-state index is 12.3. The van der Waals surface area contributed by atoms with Crippen LogP contribution in [0.15, 0.2) is 48.5 Å². The number of carbonyl (C=O) groups excluding carboxylic acids is 3. The third-order valence-electron chi connectivity index (χ3n) is 4.69. The summed E-state index contributed by atoms with van der Waals surface area (Å²) in [5.74, 6) is -1.00. The van der Waals surface area contributed by atoms with Crippen molar-refractivity contribution < 1.29 is 24.0 Å². The lowest BCUT2D eigenvalue weighted by Gasteiger charge is -2.26. The van der Waals surface area contributed by atoms with Crippen molar-refractivity contribution in [2.24, 2.45) is 0 Å². The minimum absolute atomic E-state index is 0.0314. The van der Waals surface area contributed by atoms with Gasteiger partial charge in [-0.3, -0.25) is 24.5 Å². The molecule has 2 aromatic carbocycles. The number of nitro benzene ring substituents is 1. The molecule has 0 bridgehead atoms. The predicted molar refractivity (Wildman–Crippen MR) is 112 cm³/mol. The van der Waals surface area contributed by atoms with E-state index in [2.05, 4.69) is 10.6 Å². The molecule has 0 radical (unpaired) electrons. The van der Waals surface area contributed by atoms with Crippen LogP contribution < -0.4 is 10.6 Å². The molecule has 1 saturated heterocycles. The number of nitrogens with one attached hydrogen (secondary N) is 2. The predicted octanol–water partition coefficient (Wildman–Crippen LogP) is 1.36. The van der Waals surface area contributed by atoms with Crippen molar-refractivity contribution in [3.63, 3.8) is 0 Å². The van der Waals surface area contributed by atoms with E-state index < -0.39 is 16.7 Å². The summed E-state index contributed by atoms with van der Waals surface area (Å²) in [5, 5.41) is 15.9. The quantitative estimate of drug-likeness (QED) is 0.508. The van der Waals surface area contributed by atoms with Gasteiger partial charge < -0.3 is 20.3 Å². The number of hydrogen-bond donors (Lipinski definition) is 2. The molecule has 1 fully saturated rings. The third-order valence-corrected chi connectivity index (χ3v) is 4.69. The minimum Gasteiger partial charge on any atom is -0.378 e. The van der Waals surface area contributed by atoms with E-state index in [1.807, 2.05) is 0 Å². The second-order valence-electron chi connectivity index (χ2n) is 6.91. The van der Waals surface area contributed by atoms with Crippen LogP contribution in [0.25, 0.3) is 0 Å². The molecular weight excluding hydrogens is 404 g/mol. The Morgan fingerprint density at radius 3 is 2.45 bits per heavy atom. The van der Waals surface area contributed by atoms with Crippen molar-refractivity contribution in [2.45, 2.75) is 6.42 Å². The van der Waals surface area contributed by atoms with Crippen molar-refractivity contribution in [1.29, 1.82) is 0 Å². The lowest BCUT2D eigenvalue weighted by atomic mass is 10.1. The first-order valence-electron chi connectivity index (χ1n) is 9.69. The summed E-state index contributed by atoms with van der Waals surface area (Å²) < 4.78 is 5.24. The highest BCUT2D eigenvalue weighted by atomic mass is 16.6. The van der Waals surface area contributed by atoms with Crippen LogP contribution in [0, 0.1) is 10.1 Å². The number of anilines is 1. The number of ether oxygens (including phenoxy) is 1. The van der Waals surface area contributed by atoms with Gasteiger partial charge in [0, 0.05) is 36.5 Å². The normalized spacial score (nSPS) is 13.4. The summed E-state index contributed by atoms with van der Waals surface area (Å²) in [5.41, 5.74) is 1.24. The topological polar surface area (TPSA) is 131 Å². The van der Waals surface area contributed by atoms with Crippen LogP contribution in [0.2, 0.25) is 0 Å². The molecule has 1 aliphatic rings. The molecule has 0 saturated carbocycles. The maximum Gasteiger partial charge on any atom is 0.270 e. The second kappa shape index (κ2) is 10.3. The number of benzene rings is 2. The van der Waals surface area contributed by atoms with Gasteiger partial charge in [0.05, 0.1) is 31.1 Å². The molecule has 0 aliphatic carbocycles. The van der Waals surface area contributed by atoms with Gasteiger partial charge >= 0.3 is 0 Å². The summed E-state index contributed by atoms with van der Waals surface area (Å²) in [6.45, 7) is 1.99. The van der Waals surface area contributed by atoms with Crippen molar-refractivity contribution in [1.82, 2.24) is 10.2 Å². The average molecular weight is 426 g/mol. The number of morpholine rings is 1. The Morgan fingerprint density at radius 2 is 1.77 bits per heavy atom. The largest absolute Gasteiger partial charge is 0.378 e.